The van der Waals surface area contributed by atoms with E-state index in [9.17, 15) is 9.59 Å². The molecule has 2 amide bonds. The van der Waals surface area contributed by atoms with Crippen LogP contribution in [0.1, 0.15) is 17.5 Å². The second-order valence-corrected chi connectivity index (χ2v) is 6.76. The number of amides is 2. The molecule has 1 aliphatic rings. The molecule has 1 atom stereocenters. The van der Waals surface area contributed by atoms with E-state index in [1.807, 2.05) is 61.7 Å². The number of carbonyl (C=O) groups excluding carboxylic acids is 2. The molecule has 0 aliphatic carbocycles. The molecule has 3 aromatic rings. The summed E-state index contributed by atoms with van der Waals surface area (Å²) in [6, 6.07) is 15.6. The van der Waals surface area contributed by atoms with Crippen LogP contribution in [0.5, 0.6) is 0 Å². The number of nitrogens with one attached hydrogen (secondary N) is 2. The Labute approximate surface area is 156 Å². The molecule has 27 heavy (non-hydrogen) atoms. The van der Waals surface area contributed by atoms with Gasteiger partial charge in [-0.3, -0.25) is 9.59 Å². The molecule has 6 nitrogen and oxygen atoms in total. The van der Waals surface area contributed by atoms with Crippen molar-refractivity contribution in [2.75, 3.05) is 11.4 Å². The highest BCUT2D eigenvalue weighted by molar-refractivity contribution is 6.01. The molecule has 1 aliphatic heterocycles. The zero-order valence-electron chi connectivity index (χ0n) is 15.0. The van der Waals surface area contributed by atoms with Crippen LogP contribution in [0.25, 0.3) is 10.9 Å². The molecular weight excluding hydrogens is 340 g/mol. The molecule has 1 saturated heterocycles. The third-order valence-corrected chi connectivity index (χ3v) is 4.84. The number of hydrogen-bond donors (Lipinski definition) is 2. The molecule has 4 rings (SSSR count). The Hall–Kier alpha value is -3.41. The predicted octanol–water partition coefficient (Wildman–Crippen LogP) is 2.98. The number of benzene rings is 2. The van der Waals surface area contributed by atoms with Gasteiger partial charge >= 0.3 is 0 Å². The Bertz CT molecular complexity index is 1020. The van der Waals surface area contributed by atoms with Crippen molar-refractivity contribution < 1.29 is 9.59 Å². The minimum atomic E-state index is -0.404. The van der Waals surface area contributed by atoms with Crippen LogP contribution in [0.15, 0.2) is 59.8 Å². The topological polar surface area (TPSA) is 77.6 Å². The summed E-state index contributed by atoms with van der Waals surface area (Å²) in [6.45, 7) is 2.37. The SMILES string of the molecule is Cc1ccc(N2CC(C(=O)NN=Cc3c[nH]c4ccccc34)CC2=O)cc1. The number of rotatable bonds is 4. The van der Waals surface area contributed by atoms with E-state index < -0.39 is 5.92 Å². The normalized spacial score (nSPS) is 17.1. The molecule has 1 fully saturated rings. The van der Waals surface area contributed by atoms with Gasteiger partial charge in [-0.15, -0.1) is 0 Å². The summed E-state index contributed by atoms with van der Waals surface area (Å²) in [5.41, 5.74) is 6.43. The minimum absolute atomic E-state index is 0.0420. The second-order valence-electron chi connectivity index (χ2n) is 6.76. The van der Waals surface area contributed by atoms with Crippen LogP contribution in [0, 0.1) is 12.8 Å². The number of fused-ring (bicyclic) bond motifs is 1. The largest absolute Gasteiger partial charge is 0.361 e. The van der Waals surface area contributed by atoms with Gasteiger partial charge in [0.25, 0.3) is 0 Å². The first-order valence-electron chi connectivity index (χ1n) is 8.88. The summed E-state index contributed by atoms with van der Waals surface area (Å²) >= 11 is 0. The van der Waals surface area contributed by atoms with Gasteiger partial charge in [0.1, 0.15) is 0 Å². The van der Waals surface area contributed by atoms with Crippen molar-refractivity contribution in [2.45, 2.75) is 13.3 Å². The summed E-state index contributed by atoms with van der Waals surface area (Å²) in [6.07, 6.45) is 3.66. The Morgan fingerprint density at radius 3 is 2.81 bits per heavy atom. The lowest BCUT2D eigenvalue weighted by atomic mass is 10.1. The van der Waals surface area contributed by atoms with Crippen LogP contribution >= 0.6 is 0 Å². The second kappa shape index (κ2) is 7.07. The molecule has 2 N–H and O–H groups in total. The van der Waals surface area contributed by atoms with E-state index in [4.69, 9.17) is 0 Å². The number of H-pyrrole nitrogens is 1. The number of aryl methyl sites for hydroxylation is 1. The fraction of sp³-hybridized carbons (Fsp3) is 0.190. The third-order valence-electron chi connectivity index (χ3n) is 4.84. The summed E-state index contributed by atoms with van der Waals surface area (Å²) in [5, 5.41) is 5.11. The molecular formula is C21H20N4O2. The maximum absolute atomic E-state index is 12.4. The molecule has 0 bridgehead atoms. The van der Waals surface area contributed by atoms with Crippen LogP contribution < -0.4 is 10.3 Å². The van der Waals surface area contributed by atoms with Gasteiger partial charge in [-0.25, -0.2) is 5.43 Å². The Balaban J connectivity index is 1.40. The number of anilines is 1. The summed E-state index contributed by atoms with van der Waals surface area (Å²) < 4.78 is 0. The first-order chi connectivity index (χ1) is 13.1. The van der Waals surface area contributed by atoms with E-state index >= 15 is 0 Å². The van der Waals surface area contributed by atoms with Crippen molar-refractivity contribution in [1.29, 1.82) is 0 Å². The lowest BCUT2D eigenvalue weighted by Crippen LogP contribution is -2.30. The number of para-hydroxylation sites is 1. The van der Waals surface area contributed by atoms with Gasteiger partial charge in [0.15, 0.2) is 0 Å². The van der Waals surface area contributed by atoms with Gasteiger partial charge < -0.3 is 9.88 Å². The third kappa shape index (κ3) is 3.46. The van der Waals surface area contributed by atoms with Gasteiger partial charge in [0.2, 0.25) is 11.8 Å². The van der Waals surface area contributed by atoms with Crippen molar-refractivity contribution in [1.82, 2.24) is 10.4 Å². The van der Waals surface area contributed by atoms with E-state index in [-0.39, 0.29) is 18.2 Å². The molecule has 2 aromatic carbocycles. The fourth-order valence-electron chi connectivity index (χ4n) is 3.31. The maximum Gasteiger partial charge on any atom is 0.245 e. The lowest BCUT2D eigenvalue weighted by Gasteiger charge is -2.16. The molecule has 2 heterocycles. The standard InChI is InChI=1S/C21H20N4O2/c1-14-6-8-17(9-7-14)25-13-15(10-20(25)26)21(27)24-23-12-16-11-22-19-5-3-2-4-18(16)19/h2-9,11-12,15,22H,10,13H2,1H3,(H,24,27). The summed E-state index contributed by atoms with van der Waals surface area (Å²) in [5.74, 6) is -0.687. The molecule has 6 heteroatoms. The molecule has 1 aromatic heterocycles. The van der Waals surface area contributed by atoms with E-state index in [2.05, 4.69) is 15.5 Å². The average Bonchev–Trinajstić information content (AvgIpc) is 3.26. The monoisotopic (exact) mass is 360 g/mol. The number of hydrogen-bond acceptors (Lipinski definition) is 3. The Kier molecular flexibility index (Phi) is 4.46. The van der Waals surface area contributed by atoms with Crippen molar-refractivity contribution in [3.8, 4) is 0 Å². The molecule has 0 radical (unpaired) electrons. The van der Waals surface area contributed by atoms with E-state index in [0.717, 1.165) is 27.7 Å². The van der Waals surface area contributed by atoms with E-state index in [0.29, 0.717) is 6.54 Å². The highest BCUT2D eigenvalue weighted by Crippen LogP contribution is 2.25. The average molecular weight is 360 g/mol. The molecule has 1 unspecified atom stereocenters. The molecule has 0 spiro atoms. The van der Waals surface area contributed by atoms with Crippen LogP contribution in [-0.4, -0.2) is 29.6 Å². The number of hydrazone groups is 1. The van der Waals surface area contributed by atoms with Crippen molar-refractivity contribution in [3.63, 3.8) is 0 Å². The Morgan fingerprint density at radius 1 is 1.22 bits per heavy atom. The van der Waals surface area contributed by atoms with Crippen molar-refractivity contribution >= 4 is 34.6 Å². The number of aromatic amines is 1. The van der Waals surface area contributed by atoms with Gasteiger partial charge in [0.05, 0.1) is 12.1 Å². The predicted molar refractivity (Wildman–Crippen MR) is 106 cm³/mol. The molecule has 136 valence electrons. The van der Waals surface area contributed by atoms with E-state index in [1.165, 1.54) is 0 Å². The first kappa shape index (κ1) is 17.0. The van der Waals surface area contributed by atoms with Crippen LogP contribution in [0.2, 0.25) is 0 Å². The molecule has 0 saturated carbocycles. The minimum Gasteiger partial charge on any atom is -0.361 e. The quantitative estimate of drug-likeness (QED) is 0.554. The highest BCUT2D eigenvalue weighted by Gasteiger charge is 2.35. The van der Waals surface area contributed by atoms with Crippen LogP contribution in [0.4, 0.5) is 5.69 Å². The van der Waals surface area contributed by atoms with Gasteiger partial charge in [-0.05, 0) is 25.1 Å². The highest BCUT2D eigenvalue weighted by atomic mass is 16.2. The number of nitrogens with zero attached hydrogens (tertiary/aromatic N) is 2. The van der Waals surface area contributed by atoms with E-state index in [1.54, 1.807) is 11.1 Å². The van der Waals surface area contributed by atoms with Gasteiger partial charge in [-0.1, -0.05) is 35.9 Å². The summed E-state index contributed by atoms with van der Waals surface area (Å²) in [7, 11) is 0. The maximum atomic E-state index is 12.4. The van der Waals surface area contributed by atoms with Crippen molar-refractivity contribution in [3.05, 3.63) is 65.9 Å². The smallest absolute Gasteiger partial charge is 0.245 e. The van der Waals surface area contributed by atoms with Gasteiger partial charge in [-0.2, -0.15) is 5.10 Å². The number of carbonyl (C=O) groups is 2. The number of aromatic nitrogens is 1. The lowest BCUT2D eigenvalue weighted by molar-refractivity contribution is -0.126. The van der Waals surface area contributed by atoms with Gasteiger partial charge in [0, 0.05) is 41.3 Å². The van der Waals surface area contributed by atoms with Crippen LogP contribution in [-0.2, 0) is 9.59 Å². The van der Waals surface area contributed by atoms with Crippen molar-refractivity contribution in [2.24, 2.45) is 11.0 Å². The zero-order valence-corrected chi connectivity index (χ0v) is 15.0. The van der Waals surface area contributed by atoms with Crippen LogP contribution in [0.3, 0.4) is 0 Å². The summed E-state index contributed by atoms with van der Waals surface area (Å²) in [4.78, 5) is 29.5. The first-order valence-corrected chi connectivity index (χ1v) is 8.88. The fourth-order valence-corrected chi connectivity index (χ4v) is 3.31. The zero-order chi connectivity index (χ0) is 18.8. The Morgan fingerprint density at radius 2 is 2.00 bits per heavy atom.